The lowest BCUT2D eigenvalue weighted by Crippen LogP contribution is -2.25. The molecule has 0 aliphatic heterocycles. The van der Waals surface area contributed by atoms with Crippen molar-refractivity contribution in [3.05, 3.63) is 35.4 Å². The highest BCUT2D eigenvalue weighted by molar-refractivity contribution is 6.30. The molecule has 0 saturated heterocycles. The molecule has 1 aromatic carbocycles. The second-order valence-corrected chi connectivity index (χ2v) is 8.21. The van der Waals surface area contributed by atoms with Crippen LogP contribution < -0.4 is 0 Å². The van der Waals surface area contributed by atoms with Gasteiger partial charge in [0.1, 0.15) is 0 Å². The van der Waals surface area contributed by atoms with Crippen molar-refractivity contribution in [3.8, 4) is 11.3 Å². The Morgan fingerprint density at radius 1 is 0.875 bits per heavy atom. The normalized spacial score (nSPS) is 30.4. The van der Waals surface area contributed by atoms with Crippen LogP contribution in [-0.4, -0.2) is 0 Å². The van der Waals surface area contributed by atoms with Crippen molar-refractivity contribution in [2.24, 2.45) is 17.8 Å². The zero-order valence-corrected chi connectivity index (χ0v) is 15.8. The topological polar surface area (TPSA) is 0 Å². The molecular formula is C23H31Cl. The van der Waals surface area contributed by atoms with E-state index in [1.807, 2.05) is 0 Å². The van der Waals surface area contributed by atoms with Crippen molar-refractivity contribution >= 4 is 11.6 Å². The summed E-state index contributed by atoms with van der Waals surface area (Å²) in [5.41, 5.74) is 2.52. The highest BCUT2D eigenvalue weighted by atomic mass is 35.5. The van der Waals surface area contributed by atoms with Crippen LogP contribution in [0.1, 0.15) is 88.2 Å². The van der Waals surface area contributed by atoms with Gasteiger partial charge in [-0.1, -0.05) is 44.7 Å². The first-order chi connectivity index (χ1) is 11.8. The Hall–Kier alpha value is -0.930. The highest BCUT2D eigenvalue weighted by Crippen LogP contribution is 2.44. The van der Waals surface area contributed by atoms with Crippen LogP contribution in [0.4, 0.5) is 0 Å². The Balaban J connectivity index is 1.48. The van der Waals surface area contributed by atoms with E-state index in [0.717, 1.165) is 29.2 Å². The van der Waals surface area contributed by atoms with Gasteiger partial charge in [-0.15, -0.1) is 0 Å². The van der Waals surface area contributed by atoms with E-state index in [9.17, 15) is 0 Å². The molecule has 0 radical (unpaired) electrons. The lowest BCUT2D eigenvalue weighted by molar-refractivity contribution is 0.156. The van der Waals surface area contributed by atoms with Crippen LogP contribution in [0.25, 0.3) is 0 Å². The maximum Gasteiger partial charge on any atom is 0.0258 e. The zero-order valence-electron chi connectivity index (χ0n) is 15.1. The fraction of sp³-hybridized carbons (Fsp3) is 0.652. The van der Waals surface area contributed by atoms with E-state index in [-0.39, 0.29) is 0 Å². The Morgan fingerprint density at radius 3 is 2.00 bits per heavy atom. The molecule has 1 aromatic rings. The van der Waals surface area contributed by atoms with E-state index < -0.39 is 0 Å². The number of hydrogen-bond acceptors (Lipinski definition) is 0. The monoisotopic (exact) mass is 342 g/mol. The molecule has 2 fully saturated rings. The molecule has 0 N–H and O–H groups in total. The summed E-state index contributed by atoms with van der Waals surface area (Å²) in [6.07, 6.45) is 14.5. The van der Waals surface area contributed by atoms with E-state index in [4.69, 9.17) is 11.6 Å². The molecule has 24 heavy (non-hydrogen) atoms. The average Bonchev–Trinajstić information content (AvgIpc) is 2.64. The molecule has 0 unspecified atom stereocenters. The first kappa shape index (κ1) is 17.9. The summed E-state index contributed by atoms with van der Waals surface area (Å²) in [6, 6.07) is 8.76. The van der Waals surface area contributed by atoms with Crippen molar-refractivity contribution in [3.63, 3.8) is 0 Å². The van der Waals surface area contributed by atoms with Gasteiger partial charge in [0, 0.05) is 10.9 Å². The van der Waals surface area contributed by atoms with Gasteiger partial charge in [0.25, 0.3) is 0 Å². The second-order valence-electron chi connectivity index (χ2n) is 8.02. The Labute approximate surface area is 153 Å². The van der Waals surface area contributed by atoms with E-state index in [0.29, 0.717) is 0 Å². The van der Waals surface area contributed by atoms with E-state index in [1.165, 1.54) is 69.8 Å². The van der Waals surface area contributed by atoms with Gasteiger partial charge in [-0.3, -0.25) is 0 Å². The maximum atomic E-state index is 5.48. The van der Waals surface area contributed by atoms with Crippen LogP contribution in [0.15, 0.2) is 24.3 Å². The quantitative estimate of drug-likeness (QED) is 0.511. The molecule has 2 aliphatic rings. The molecule has 0 aromatic heterocycles. The minimum Gasteiger partial charge on any atom is -0.0654 e. The lowest BCUT2D eigenvalue weighted by atomic mass is 9.68. The van der Waals surface area contributed by atoms with Crippen LogP contribution in [0.2, 0.25) is 0 Å². The standard InChI is InChI=1S/C23H31Cl/c1-2-3-18-4-8-20(9-5-18)22-12-14-23(15-13-22)21-10-6-19(7-11-21)16-17-24/h6-7,10-11,18,20,22-23H,2-5,8-9,12-15H2,1H3. The van der Waals surface area contributed by atoms with E-state index in [1.54, 1.807) is 0 Å². The number of rotatable bonds is 4. The number of benzene rings is 1. The Kier molecular flexibility index (Phi) is 6.67. The third-order valence-corrected chi connectivity index (χ3v) is 6.70. The summed E-state index contributed by atoms with van der Waals surface area (Å²) in [7, 11) is 0. The molecule has 0 heterocycles. The first-order valence-corrected chi connectivity index (χ1v) is 10.4. The van der Waals surface area contributed by atoms with Crippen LogP contribution in [-0.2, 0) is 0 Å². The van der Waals surface area contributed by atoms with Crippen molar-refractivity contribution in [2.75, 3.05) is 0 Å². The summed E-state index contributed by atoms with van der Waals surface area (Å²) < 4.78 is 0. The van der Waals surface area contributed by atoms with Crippen molar-refractivity contribution < 1.29 is 0 Å². The van der Waals surface area contributed by atoms with Crippen molar-refractivity contribution in [1.82, 2.24) is 0 Å². The number of hydrogen-bond donors (Lipinski definition) is 0. The predicted molar refractivity (Wildman–Crippen MR) is 104 cm³/mol. The molecule has 0 spiro atoms. The van der Waals surface area contributed by atoms with Gasteiger partial charge in [0.2, 0.25) is 0 Å². The van der Waals surface area contributed by atoms with Crippen molar-refractivity contribution in [1.29, 1.82) is 0 Å². The van der Waals surface area contributed by atoms with E-state index in [2.05, 4.69) is 42.5 Å². The largest absolute Gasteiger partial charge is 0.0654 e. The third kappa shape index (κ3) is 4.58. The molecule has 0 bridgehead atoms. The molecule has 2 saturated carbocycles. The minimum atomic E-state index is 0.760. The van der Waals surface area contributed by atoms with Gasteiger partial charge < -0.3 is 0 Å². The maximum absolute atomic E-state index is 5.48. The lowest BCUT2D eigenvalue weighted by Gasteiger charge is -2.38. The molecule has 1 heteroatoms. The first-order valence-electron chi connectivity index (χ1n) is 10.0. The van der Waals surface area contributed by atoms with Gasteiger partial charge in [-0.2, -0.15) is 0 Å². The highest BCUT2D eigenvalue weighted by Gasteiger charge is 2.30. The molecule has 130 valence electrons. The van der Waals surface area contributed by atoms with Gasteiger partial charge in [0.05, 0.1) is 0 Å². The van der Waals surface area contributed by atoms with Crippen LogP contribution in [0, 0.1) is 29.1 Å². The number of halogens is 1. The fourth-order valence-corrected chi connectivity index (χ4v) is 5.28. The summed E-state index contributed by atoms with van der Waals surface area (Å²) in [4.78, 5) is 0. The summed E-state index contributed by atoms with van der Waals surface area (Å²) in [6.45, 7) is 2.34. The Morgan fingerprint density at radius 2 is 1.46 bits per heavy atom. The zero-order chi connectivity index (χ0) is 16.8. The smallest absolute Gasteiger partial charge is 0.0258 e. The van der Waals surface area contributed by atoms with Gasteiger partial charge in [-0.25, -0.2) is 0 Å². The minimum absolute atomic E-state index is 0.760. The van der Waals surface area contributed by atoms with Gasteiger partial charge in [0.15, 0.2) is 0 Å². The van der Waals surface area contributed by atoms with Crippen LogP contribution in [0.5, 0.6) is 0 Å². The summed E-state index contributed by atoms with van der Waals surface area (Å²) >= 11 is 5.48. The molecule has 2 aliphatic carbocycles. The van der Waals surface area contributed by atoms with Crippen LogP contribution >= 0.6 is 11.6 Å². The predicted octanol–water partition coefficient (Wildman–Crippen LogP) is 7.11. The molecule has 0 atom stereocenters. The molecule has 0 nitrogen and oxygen atoms in total. The third-order valence-electron chi connectivity index (χ3n) is 6.60. The van der Waals surface area contributed by atoms with Crippen molar-refractivity contribution in [2.45, 2.75) is 77.0 Å². The van der Waals surface area contributed by atoms with Crippen LogP contribution in [0.3, 0.4) is 0 Å². The van der Waals surface area contributed by atoms with E-state index >= 15 is 0 Å². The second kappa shape index (κ2) is 8.96. The summed E-state index contributed by atoms with van der Waals surface area (Å²) in [5.74, 6) is 6.75. The average molecular weight is 343 g/mol. The summed E-state index contributed by atoms with van der Waals surface area (Å²) in [5, 5.41) is 2.46. The SMILES string of the molecule is CCCC1CCC(C2CCC(c3ccc(C#CCl)cc3)CC2)CC1. The molecular weight excluding hydrogens is 312 g/mol. The fourth-order valence-electron chi connectivity index (χ4n) is 5.17. The van der Waals surface area contributed by atoms with Gasteiger partial charge >= 0.3 is 0 Å². The molecule has 0 amide bonds. The molecule has 3 rings (SSSR count). The van der Waals surface area contributed by atoms with Gasteiger partial charge in [-0.05, 0) is 97.4 Å². The Bertz CT molecular complexity index is 546.